The number of nitro groups is 1. The standard InChI is InChI=1S/C15H13N3O3/c16-10-12-2-1-3-14(15(12)18(20)21)17-9-8-11-4-6-13(19)7-5-11/h1-7,17,19H,8-9H2. The highest BCUT2D eigenvalue weighted by Gasteiger charge is 2.18. The summed E-state index contributed by atoms with van der Waals surface area (Å²) in [6.45, 7) is 0.487. The predicted molar refractivity (Wildman–Crippen MR) is 78.1 cm³/mol. The Balaban J connectivity index is 2.08. The molecule has 0 unspecified atom stereocenters. The third-order valence-corrected chi connectivity index (χ3v) is 3.00. The van der Waals surface area contributed by atoms with Gasteiger partial charge in [0.05, 0.1) is 4.92 Å². The Labute approximate surface area is 121 Å². The SMILES string of the molecule is N#Cc1cccc(NCCc2ccc(O)cc2)c1[N+](=O)[O-]. The van der Waals surface area contributed by atoms with Crippen molar-refractivity contribution in [1.82, 2.24) is 0 Å². The van der Waals surface area contributed by atoms with E-state index in [0.29, 0.717) is 18.7 Å². The lowest BCUT2D eigenvalue weighted by molar-refractivity contribution is -0.384. The molecule has 0 amide bonds. The quantitative estimate of drug-likeness (QED) is 0.649. The summed E-state index contributed by atoms with van der Waals surface area (Å²) in [5, 5.41) is 32.1. The van der Waals surface area contributed by atoms with Crippen LogP contribution < -0.4 is 5.32 Å². The van der Waals surface area contributed by atoms with Crippen LogP contribution in [-0.4, -0.2) is 16.6 Å². The minimum absolute atomic E-state index is 0.0367. The number of para-hydroxylation sites is 1. The van der Waals surface area contributed by atoms with Crippen LogP contribution in [0, 0.1) is 21.4 Å². The molecular weight excluding hydrogens is 270 g/mol. The molecule has 0 aliphatic rings. The first kappa shape index (κ1) is 14.3. The van der Waals surface area contributed by atoms with Gasteiger partial charge in [0.2, 0.25) is 0 Å². The van der Waals surface area contributed by atoms with Crippen molar-refractivity contribution in [2.75, 3.05) is 11.9 Å². The van der Waals surface area contributed by atoms with E-state index in [2.05, 4.69) is 5.32 Å². The maximum absolute atomic E-state index is 11.1. The first-order chi connectivity index (χ1) is 10.1. The zero-order chi connectivity index (χ0) is 15.2. The maximum Gasteiger partial charge on any atom is 0.309 e. The number of phenols is 1. The van der Waals surface area contributed by atoms with Crippen molar-refractivity contribution in [3.05, 3.63) is 63.7 Å². The second-order valence-corrected chi connectivity index (χ2v) is 4.41. The second-order valence-electron chi connectivity index (χ2n) is 4.41. The summed E-state index contributed by atoms with van der Waals surface area (Å²) in [5.74, 6) is 0.198. The topological polar surface area (TPSA) is 99.2 Å². The van der Waals surface area contributed by atoms with E-state index in [-0.39, 0.29) is 17.0 Å². The van der Waals surface area contributed by atoms with Gasteiger partial charge in [0.25, 0.3) is 0 Å². The number of nitriles is 1. The van der Waals surface area contributed by atoms with E-state index >= 15 is 0 Å². The molecule has 0 bridgehead atoms. The molecule has 2 rings (SSSR count). The number of nitrogens with zero attached hydrogens (tertiary/aromatic N) is 2. The van der Waals surface area contributed by atoms with Crippen molar-refractivity contribution in [3.63, 3.8) is 0 Å². The number of nitro benzene ring substituents is 1. The maximum atomic E-state index is 11.1. The monoisotopic (exact) mass is 283 g/mol. The molecule has 106 valence electrons. The number of hydrogen-bond donors (Lipinski definition) is 2. The Hall–Kier alpha value is -3.07. The average molecular weight is 283 g/mol. The first-order valence-electron chi connectivity index (χ1n) is 6.31. The molecule has 0 atom stereocenters. The molecule has 0 aromatic heterocycles. The summed E-state index contributed by atoms with van der Waals surface area (Å²) in [7, 11) is 0. The van der Waals surface area contributed by atoms with Crippen molar-refractivity contribution < 1.29 is 10.0 Å². The smallest absolute Gasteiger partial charge is 0.309 e. The van der Waals surface area contributed by atoms with Crippen LogP contribution in [0.25, 0.3) is 0 Å². The van der Waals surface area contributed by atoms with Gasteiger partial charge >= 0.3 is 5.69 Å². The molecule has 2 aromatic carbocycles. The zero-order valence-electron chi connectivity index (χ0n) is 11.1. The van der Waals surface area contributed by atoms with Crippen LogP contribution in [0.15, 0.2) is 42.5 Å². The van der Waals surface area contributed by atoms with Crippen LogP contribution in [0.5, 0.6) is 5.75 Å². The van der Waals surface area contributed by atoms with Crippen LogP contribution in [0.1, 0.15) is 11.1 Å². The lowest BCUT2D eigenvalue weighted by Gasteiger charge is -2.08. The number of aromatic hydroxyl groups is 1. The largest absolute Gasteiger partial charge is 0.508 e. The van der Waals surface area contributed by atoms with Crippen LogP contribution in [0.3, 0.4) is 0 Å². The molecular formula is C15H13N3O3. The average Bonchev–Trinajstić information content (AvgIpc) is 2.48. The number of benzene rings is 2. The van der Waals surface area contributed by atoms with Crippen molar-refractivity contribution >= 4 is 11.4 Å². The van der Waals surface area contributed by atoms with Crippen molar-refractivity contribution in [2.24, 2.45) is 0 Å². The Morgan fingerprint density at radius 1 is 1.24 bits per heavy atom. The Morgan fingerprint density at radius 3 is 2.57 bits per heavy atom. The highest BCUT2D eigenvalue weighted by Crippen LogP contribution is 2.27. The molecule has 0 heterocycles. The summed E-state index contributed by atoms with van der Waals surface area (Å²) < 4.78 is 0. The van der Waals surface area contributed by atoms with E-state index in [0.717, 1.165) is 5.56 Å². The molecule has 0 aliphatic carbocycles. The van der Waals surface area contributed by atoms with Gasteiger partial charge in [0.15, 0.2) is 0 Å². The molecule has 6 nitrogen and oxygen atoms in total. The normalized spacial score (nSPS) is 9.86. The molecule has 0 spiro atoms. The zero-order valence-corrected chi connectivity index (χ0v) is 11.1. The summed E-state index contributed by atoms with van der Waals surface area (Å²) >= 11 is 0. The van der Waals surface area contributed by atoms with Gasteiger partial charge < -0.3 is 10.4 Å². The van der Waals surface area contributed by atoms with E-state index in [4.69, 9.17) is 5.26 Å². The predicted octanol–water partition coefficient (Wildman–Crippen LogP) is 2.83. The Bertz CT molecular complexity index is 690. The summed E-state index contributed by atoms with van der Waals surface area (Å²) in [4.78, 5) is 10.5. The highest BCUT2D eigenvalue weighted by atomic mass is 16.6. The van der Waals surface area contributed by atoms with Crippen LogP contribution >= 0.6 is 0 Å². The van der Waals surface area contributed by atoms with E-state index in [1.54, 1.807) is 36.4 Å². The van der Waals surface area contributed by atoms with Gasteiger partial charge in [-0.05, 0) is 36.2 Å². The van der Waals surface area contributed by atoms with Gasteiger partial charge in [0.1, 0.15) is 23.1 Å². The van der Waals surface area contributed by atoms with E-state index in [1.807, 2.05) is 6.07 Å². The summed E-state index contributed by atoms with van der Waals surface area (Å²) in [6, 6.07) is 13.2. The van der Waals surface area contributed by atoms with Gasteiger partial charge in [-0.3, -0.25) is 10.1 Å². The van der Waals surface area contributed by atoms with Crippen molar-refractivity contribution in [1.29, 1.82) is 5.26 Å². The fraction of sp³-hybridized carbons (Fsp3) is 0.133. The van der Waals surface area contributed by atoms with Crippen molar-refractivity contribution in [2.45, 2.75) is 6.42 Å². The minimum Gasteiger partial charge on any atom is -0.508 e. The van der Waals surface area contributed by atoms with Crippen LogP contribution in [0.2, 0.25) is 0 Å². The fourth-order valence-electron chi connectivity index (χ4n) is 1.98. The molecule has 0 saturated carbocycles. The van der Waals surface area contributed by atoms with E-state index in [1.165, 1.54) is 6.07 Å². The molecule has 21 heavy (non-hydrogen) atoms. The van der Waals surface area contributed by atoms with Gasteiger partial charge in [-0.2, -0.15) is 5.26 Å². The lowest BCUT2D eigenvalue weighted by Crippen LogP contribution is -2.07. The number of nitrogens with one attached hydrogen (secondary N) is 1. The molecule has 0 saturated heterocycles. The number of anilines is 1. The highest BCUT2D eigenvalue weighted by molar-refractivity contribution is 5.68. The van der Waals surface area contributed by atoms with Gasteiger partial charge in [-0.15, -0.1) is 0 Å². The second kappa shape index (κ2) is 6.39. The van der Waals surface area contributed by atoms with Crippen LogP contribution in [0.4, 0.5) is 11.4 Å². The van der Waals surface area contributed by atoms with E-state index in [9.17, 15) is 15.2 Å². The molecule has 6 heteroatoms. The summed E-state index contributed by atoms with van der Waals surface area (Å²) in [5.41, 5.74) is 1.16. The van der Waals surface area contributed by atoms with E-state index < -0.39 is 4.92 Å². The Morgan fingerprint density at radius 2 is 1.95 bits per heavy atom. The fourth-order valence-corrected chi connectivity index (χ4v) is 1.98. The third kappa shape index (κ3) is 3.48. The van der Waals surface area contributed by atoms with Gasteiger partial charge in [0, 0.05) is 6.54 Å². The van der Waals surface area contributed by atoms with Gasteiger partial charge in [-0.1, -0.05) is 18.2 Å². The molecule has 0 fully saturated rings. The molecule has 0 radical (unpaired) electrons. The molecule has 2 aromatic rings. The molecule has 0 aliphatic heterocycles. The minimum atomic E-state index is -0.554. The number of hydrogen-bond acceptors (Lipinski definition) is 5. The van der Waals surface area contributed by atoms with Gasteiger partial charge in [-0.25, -0.2) is 0 Å². The van der Waals surface area contributed by atoms with Crippen LogP contribution in [-0.2, 0) is 6.42 Å². The first-order valence-corrected chi connectivity index (χ1v) is 6.31. The van der Waals surface area contributed by atoms with Crippen molar-refractivity contribution in [3.8, 4) is 11.8 Å². The number of phenolic OH excluding ortho intramolecular Hbond substituents is 1. The third-order valence-electron chi connectivity index (χ3n) is 3.00. The Kier molecular flexibility index (Phi) is 4.36. The lowest BCUT2D eigenvalue weighted by atomic mass is 10.1. The number of rotatable bonds is 5. The molecule has 2 N–H and O–H groups in total. The summed E-state index contributed by atoms with van der Waals surface area (Å²) in [6.07, 6.45) is 0.647.